The molecular weight excluding hydrogens is 435 g/mol. The van der Waals surface area contributed by atoms with E-state index in [4.69, 9.17) is 14.6 Å². The third-order valence-electron chi connectivity index (χ3n) is 4.29. The Kier molecular flexibility index (Phi) is 7.65. The van der Waals surface area contributed by atoms with Crippen molar-refractivity contribution in [1.82, 2.24) is 20.3 Å². The number of benzene rings is 1. The van der Waals surface area contributed by atoms with Gasteiger partial charge in [-0.3, -0.25) is 9.59 Å². The summed E-state index contributed by atoms with van der Waals surface area (Å²) in [6.07, 6.45) is 2.50. The Labute approximate surface area is 188 Å². The van der Waals surface area contributed by atoms with Gasteiger partial charge in [0.15, 0.2) is 0 Å². The normalized spacial score (nSPS) is 10.3. The van der Waals surface area contributed by atoms with Gasteiger partial charge in [0, 0.05) is 25.4 Å². The number of amides is 2. The van der Waals surface area contributed by atoms with E-state index in [9.17, 15) is 14.0 Å². The average molecular weight is 456 g/mol. The van der Waals surface area contributed by atoms with Gasteiger partial charge in [-0.2, -0.15) is 0 Å². The highest BCUT2D eigenvalue weighted by atomic mass is 19.1. The lowest BCUT2D eigenvalue weighted by Crippen LogP contribution is -2.22. The van der Waals surface area contributed by atoms with Crippen molar-refractivity contribution in [3.05, 3.63) is 59.8 Å². The lowest BCUT2D eigenvalue weighted by molar-refractivity contribution is 0.0963. The summed E-state index contributed by atoms with van der Waals surface area (Å²) < 4.78 is 24.6. The molecule has 0 spiro atoms. The summed E-state index contributed by atoms with van der Waals surface area (Å²) in [5.41, 5.74) is -0.176. The number of carbonyl (C=O) groups is 2. The number of ether oxygens (including phenoxy) is 2. The summed E-state index contributed by atoms with van der Waals surface area (Å²) >= 11 is 0. The molecule has 12 heteroatoms. The average Bonchev–Trinajstić information content (AvgIpc) is 2.82. The van der Waals surface area contributed by atoms with Gasteiger partial charge in [0.05, 0.1) is 25.0 Å². The van der Waals surface area contributed by atoms with Crippen LogP contribution in [-0.2, 0) is 0 Å². The predicted octanol–water partition coefficient (Wildman–Crippen LogP) is 1.75. The Morgan fingerprint density at radius 1 is 1.12 bits per heavy atom. The maximum absolute atomic E-state index is 14.3. The summed E-state index contributed by atoms with van der Waals surface area (Å²) in [6.45, 7) is -0.115. The number of hydrogen-bond donors (Lipinski definition) is 4. The molecule has 0 aliphatic carbocycles. The molecule has 0 saturated carbocycles. The highest BCUT2D eigenvalue weighted by Gasteiger charge is 2.21. The molecular formula is C21H21FN6O5. The summed E-state index contributed by atoms with van der Waals surface area (Å²) in [4.78, 5) is 37.2. The van der Waals surface area contributed by atoms with E-state index >= 15 is 0 Å². The van der Waals surface area contributed by atoms with Gasteiger partial charge in [0.25, 0.3) is 11.8 Å². The fourth-order valence-corrected chi connectivity index (χ4v) is 2.79. The number of hydrogen-bond acceptors (Lipinski definition) is 9. The Balaban J connectivity index is 1.91. The zero-order chi connectivity index (χ0) is 23.8. The maximum atomic E-state index is 14.3. The van der Waals surface area contributed by atoms with E-state index in [0.717, 1.165) is 6.07 Å². The molecule has 2 aromatic heterocycles. The van der Waals surface area contributed by atoms with Crippen molar-refractivity contribution in [2.24, 2.45) is 0 Å². The van der Waals surface area contributed by atoms with Crippen LogP contribution in [0.5, 0.6) is 11.6 Å². The molecule has 0 aliphatic heterocycles. The van der Waals surface area contributed by atoms with Crippen molar-refractivity contribution < 1.29 is 28.6 Å². The van der Waals surface area contributed by atoms with E-state index < -0.39 is 17.6 Å². The van der Waals surface area contributed by atoms with Crippen LogP contribution in [0.25, 0.3) is 0 Å². The minimum Gasteiger partial charge on any atom is -0.496 e. The minimum atomic E-state index is -0.811. The number of nitrogens with one attached hydrogen (secondary N) is 3. The van der Waals surface area contributed by atoms with Gasteiger partial charge in [-0.05, 0) is 12.1 Å². The molecule has 0 radical (unpaired) electrons. The fraction of sp³-hybridized carbons (Fsp3) is 0.190. The molecule has 3 rings (SSSR count). The molecule has 1 aromatic carbocycles. The molecule has 11 nitrogen and oxygen atoms in total. The molecule has 172 valence electrons. The van der Waals surface area contributed by atoms with E-state index in [1.807, 2.05) is 0 Å². The molecule has 4 N–H and O–H groups in total. The highest BCUT2D eigenvalue weighted by molar-refractivity contribution is 6.10. The summed E-state index contributed by atoms with van der Waals surface area (Å²) in [7, 11) is 2.74. The molecule has 0 bridgehead atoms. The third-order valence-corrected chi connectivity index (χ3v) is 4.29. The smallest absolute Gasteiger partial charge is 0.262 e. The van der Waals surface area contributed by atoms with Crippen molar-refractivity contribution in [3.8, 4) is 11.6 Å². The quantitative estimate of drug-likeness (QED) is 0.378. The van der Waals surface area contributed by atoms with Crippen LogP contribution in [0.4, 0.5) is 21.7 Å². The number of halogens is 1. The second-order valence-electron chi connectivity index (χ2n) is 6.40. The van der Waals surface area contributed by atoms with Crippen LogP contribution >= 0.6 is 0 Å². The van der Waals surface area contributed by atoms with Crippen LogP contribution in [0.3, 0.4) is 0 Å². The van der Waals surface area contributed by atoms with Crippen LogP contribution in [0.2, 0.25) is 0 Å². The number of carbonyl (C=O) groups excluding carboxylic acids is 2. The molecule has 2 amide bonds. The summed E-state index contributed by atoms with van der Waals surface area (Å²) in [6, 6.07) is 6.86. The van der Waals surface area contributed by atoms with Gasteiger partial charge in [0.2, 0.25) is 5.88 Å². The zero-order valence-corrected chi connectivity index (χ0v) is 17.8. The zero-order valence-electron chi connectivity index (χ0n) is 17.8. The van der Waals surface area contributed by atoms with Crippen molar-refractivity contribution >= 4 is 29.1 Å². The minimum absolute atomic E-state index is 0.0396. The third kappa shape index (κ3) is 5.68. The first kappa shape index (κ1) is 23.3. The maximum Gasteiger partial charge on any atom is 0.262 e. The van der Waals surface area contributed by atoms with E-state index in [0.29, 0.717) is 5.82 Å². The van der Waals surface area contributed by atoms with Crippen molar-refractivity contribution in [2.45, 2.75) is 0 Å². The van der Waals surface area contributed by atoms with E-state index in [1.54, 1.807) is 0 Å². The number of aromatic nitrogens is 3. The van der Waals surface area contributed by atoms with Crippen molar-refractivity contribution in [2.75, 3.05) is 38.0 Å². The van der Waals surface area contributed by atoms with E-state index in [1.165, 1.54) is 50.9 Å². The standard InChI is InChI=1S/C21H21FN6O5/c1-23-20(30)12-10-24-16(28-17-9-18(26-11-25-17)33-7-6-29)8-14(12)27-21(31)19-13(22)4-3-5-15(19)32-2/h3-5,8-11,29H,6-7H2,1-2H3,(H,23,30)(H2,24,25,26,27,28,31). The number of rotatable bonds is 9. The second-order valence-corrected chi connectivity index (χ2v) is 6.40. The summed E-state index contributed by atoms with van der Waals surface area (Å²) in [5.74, 6) is -1.30. The van der Waals surface area contributed by atoms with Crippen LogP contribution in [0.15, 0.2) is 42.9 Å². The van der Waals surface area contributed by atoms with Crippen LogP contribution < -0.4 is 25.4 Å². The lowest BCUT2D eigenvalue weighted by atomic mass is 10.1. The van der Waals surface area contributed by atoms with Gasteiger partial charge in [-0.1, -0.05) is 6.07 Å². The number of nitrogens with zero attached hydrogens (tertiary/aromatic N) is 3. The molecule has 2 heterocycles. The molecule has 0 atom stereocenters. The van der Waals surface area contributed by atoms with Gasteiger partial charge in [0.1, 0.15) is 41.7 Å². The fourth-order valence-electron chi connectivity index (χ4n) is 2.79. The molecule has 0 aliphatic rings. The van der Waals surface area contributed by atoms with Crippen molar-refractivity contribution in [3.63, 3.8) is 0 Å². The highest BCUT2D eigenvalue weighted by Crippen LogP contribution is 2.26. The van der Waals surface area contributed by atoms with Gasteiger partial charge >= 0.3 is 0 Å². The molecule has 0 fully saturated rings. The molecule has 33 heavy (non-hydrogen) atoms. The van der Waals surface area contributed by atoms with Gasteiger partial charge in [-0.15, -0.1) is 0 Å². The first-order valence-electron chi connectivity index (χ1n) is 9.65. The number of aliphatic hydroxyl groups excluding tert-OH is 1. The predicted molar refractivity (Wildman–Crippen MR) is 116 cm³/mol. The Hall–Kier alpha value is -4.32. The number of anilines is 3. The van der Waals surface area contributed by atoms with Crippen LogP contribution in [0.1, 0.15) is 20.7 Å². The number of aliphatic hydroxyl groups is 1. The summed E-state index contributed by atoms with van der Waals surface area (Å²) in [5, 5.41) is 16.8. The van der Waals surface area contributed by atoms with Crippen molar-refractivity contribution in [1.29, 1.82) is 0 Å². The monoisotopic (exact) mass is 456 g/mol. The second kappa shape index (κ2) is 10.8. The van der Waals surface area contributed by atoms with E-state index in [-0.39, 0.29) is 47.5 Å². The SMILES string of the molecule is CNC(=O)c1cnc(Nc2cc(OCCO)ncn2)cc1NC(=O)c1c(F)cccc1OC. The first-order valence-corrected chi connectivity index (χ1v) is 9.65. The number of pyridine rings is 1. The van der Waals surface area contributed by atoms with Gasteiger partial charge in [-0.25, -0.2) is 19.3 Å². The Bertz CT molecular complexity index is 1160. The number of methoxy groups -OCH3 is 1. The van der Waals surface area contributed by atoms with Crippen LogP contribution in [-0.4, -0.2) is 59.2 Å². The molecule has 0 saturated heterocycles. The van der Waals surface area contributed by atoms with E-state index in [2.05, 4.69) is 30.9 Å². The first-order chi connectivity index (χ1) is 16.0. The topological polar surface area (TPSA) is 148 Å². The lowest BCUT2D eigenvalue weighted by Gasteiger charge is -2.14. The molecule has 3 aromatic rings. The Morgan fingerprint density at radius 3 is 2.64 bits per heavy atom. The molecule has 0 unspecified atom stereocenters. The van der Waals surface area contributed by atoms with Crippen LogP contribution in [0, 0.1) is 5.82 Å². The largest absolute Gasteiger partial charge is 0.496 e. The Morgan fingerprint density at radius 2 is 1.91 bits per heavy atom. The van der Waals surface area contributed by atoms with Gasteiger partial charge < -0.3 is 30.5 Å².